The van der Waals surface area contributed by atoms with E-state index in [4.69, 9.17) is 10.7 Å². The SMILES string of the molecule is Cc1cccc(-c2nc3nc(N)ccn3c2-c2ccc3nn(C)nc3c2)n1. The van der Waals surface area contributed by atoms with Gasteiger partial charge >= 0.3 is 0 Å². The van der Waals surface area contributed by atoms with Crippen LogP contribution in [0.2, 0.25) is 0 Å². The highest BCUT2D eigenvalue weighted by Crippen LogP contribution is 2.32. The van der Waals surface area contributed by atoms with Gasteiger partial charge in [0.15, 0.2) is 0 Å². The maximum Gasteiger partial charge on any atom is 0.236 e. The Balaban J connectivity index is 1.84. The van der Waals surface area contributed by atoms with Crippen LogP contribution in [0.25, 0.3) is 39.5 Å². The molecular formula is C19H16N8. The summed E-state index contributed by atoms with van der Waals surface area (Å²) in [4.78, 5) is 15.3. The molecule has 132 valence electrons. The molecule has 1 aromatic carbocycles. The summed E-state index contributed by atoms with van der Waals surface area (Å²) < 4.78 is 1.92. The number of fused-ring (bicyclic) bond motifs is 2. The van der Waals surface area contributed by atoms with Crippen LogP contribution in [-0.4, -0.2) is 34.3 Å². The molecule has 8 nitrogen and oxygen atoms in total. The Morgan fingerprint density at radius 3 is 2.63 bits per heavy atom. The van der Waals surface area contributed by atoms with E-state index in [1.54, 1.807) is 10.9 Å². The van der Waals surface area contributed by atoms with Crippen molar-refractivity contribution in [3.8, 4) is 22.6 Å². The van der Waals surface area contributed by atoms with Crippen molar-refractivity contribution in [2.24, 2.45) is 7.05 Å². The van der Waals surface area contributed by atoms with Gasteiger partial charge in [0.25, 0.3) is 0 Å². The standard InChI is InChI=1S/C19H16N8/c1-11-4-3-5-14(21-11)17-18(27-9-8-16(20)22-19(27)23-17)12-6-7-13-15(10-12)25-26(2)24-13/h3-10H,1-2H3,(H2,20,22,23). The molecule has 0 aliphatic rings. The fourth-order valence-corrected chi connectivity index (χ4v) is 3.24. The lowest BCUT2D eigenvalue weighted by Gasteiger charge is -2.06. The summed E-state index contributed by atoms with van der Waals surface area (Å²) in [5.74, 6) is 0.953. The average Bonchev–Trinajstić information content (AvgIpc) is 3.20. The zero-order valence-electron chi connectivity index (χ0n) is 14.8. The molecule has 0 atom stereocenters. The smallest absolute Gasteiger partial charge is 0.236 e. The van der Waals surface area contributed by atoms with E-state index in [0.717, 1.165) is 39.4 Å². The minimum Gasteiger partial charge on any atom is -0.384 e. The normalized spacial score (nSPS) is 11.5. The first kappa shape index (κ1) is 15.4. The molecule has 0 saturated heterocycles. The molecule has 4 aromatic heterocycles. The monoisotopic (exact) mass is 356 g/mol. The number of hydrogen-bond acceptors (Lipinski definition) is 6. The topological polar surface area (TPSA) is 99.8 Å². The van der Waals surface area contributed by atoms with E-state index < -0.39 is 0 Å². The fourth-order valence-electron chi connectivity index (χ4n) is 3.24. The van der Waals surface area contributed by atoms with E-state index in [0.29, 0.717) is 11.6 Å². The molecule has 27 heavy (non-hydrogen) atoms. The van der Waals surface area contributed by atoms with Crippen LogP contribution >= 0.6 is 0 Å². The second-order valence-electron chi connectivity index (χ2n) is 6.39. The third-order valence-electron chi connectivity index (χ3n) is 4.40. The van der Waals surface area contributed by atoms with Crippen LogP contribution in [0.15, 0.2) is 48.7 Å². The van der Waals surface area contributed by atoms with Gasteiger partial charge in [0.2, 0.25) is 5.78 Å². The van der Waals surface area contributed by atoms with Crippen molar-refractivity contribution >= 4 is 22.6 Å². The molecule has 0 bridgehead atoms. The molecule has 0 radical (unpaired) electrons. The minimum absolute atomic E-state index is 0.423. The van der Waals surface area contributed by atoms with Crippen LogP contribution in [-0.2, 0) is 7.05 Å². The third kappa shape index (κ3) is 2.50. The first-order chi connectivity index (χ1) is 13.1. The molecule has 0 aliphatic heterocycles. The summed E-state index contributed by atoms with van der Waals surface area (Å²) in [7, 11) is 1.81. The first-order valence-electron chi connectivity index (χ1n) is 8.48. The van der Waals surface area contributed by atoms with Gasteiger partial charge in [-0.2, -0.15) is 20.0 Å². The van der Waals surface area contributed by atoms with Crippen LogP contribution in [0.1, 0.15) is 5.69 Å². The quantitative estimate of drug-likeness (QED) is 0.522. The maximum absolute atomic E-state index is 5.86. The van der Waals surface area contributed by atoms with Gasteiger partial charge in [0.1, 0.15) is 22.5 Å². The summed E-state index contributed by atoms with van der Waals surface area (Å²) in [5, 5.41) is 8.76. The lowest BCUT2D eigenvalue weighted by molar-refractivity contribution is 0.665. The second-order valence-corrected chi connectivity index (χ2v) is 6.39. The van der Waals surface area contributed by atoms with Crippen LogP contribution in [0, 0.1) is 6.92 Å². The summed E-state index contributed by atoms with van der Waals surface area (Å²) in [6, 6.07) is 13.6. The van der Waals surface area contributed by atoms with E-state index >= 15 is 0 Å². The Kier molecular flexibility index (Phi) is 3.20. The number of anilines is 1. The molecule has 5 aromatic rings. The third-order valence-corrected chi connectivity index (χ3v) is 4.40. The Labute approximate surface area is 154 Å². The molecule has 8 heteroatoms. The van der Waals surface area contributed by atoms with Gasteiger partial charge in [-0.25, -0.2) is 4.98 Å². The number of hydrogen-bond donors (Lipinski definition) is 1. The molecule has 5 rings (SSSR count). The molecular weight excluding hydrogens is 340 g/mol. The number of nitrogens with zero attached hydrogens (tertiary/aromatic N) is 7. The summed E-state index contributed by atoms with van der Waals surface area (Å²) in [6.45, 7) is 1.96. The molecule has 0 amide bonds. The van der Waals surface area contributed by atoms with Crippen molar-refractivity contribution in [1.82, 2.24) is 34.3 Å². The predicted octanol–water partition coefficient (Wildman–Crippen LogP) is 2.63. The summed E-state index contributed by atoms with van der Waals surface area (Å²) in [5.41, 5.74) is 11.8. The van der Waals surface area contributed by atoms with E-state index in [9.17, 15) is 0 Å². The van der Waals surface area contributed by atoms with Crippen molar-refractivity contribution in [3.05, 3.63) is 54.4 Å². The largest absolute Gasteiger partial charge is 0.384 e. The van der Waals surface area contributed by atoms with Crippen LogP contribution < -0.4 is 5.73 Å². The summed E-state index contributed by atoms with van der Waals surface area (Å²) >= 11 is 0. The Bertz CT molecular complexity index is 1310. The lowest BCUT2D eigenvalue weighted by Crippen LogP contribution is -1.95. The van der Waals surface area contributed by atoms with Gasteiger partial charge in [0, 0.05) is 24.5 Å². The summed E-state index contributed by atoms with van der Waals surface area (Å²) in [6.07, 6.45) is 1.88. The van der Waals surface area contributed by atoms with Crippen molar-refractivity contribution in [1.29, 1.82) is 0 Å². The number of nitrogen functional groups attached to an aromatic ring is 1. The minimum atomic E-state index is 0.423. The van der Waals surface area contributed by atoms with E-state index in [-0.39, 0.29) is 0 Å². The van der Waals surface area contributed by atoms with Gasteiger partial charge < -0.3 is 5.73 Å². The zero-order chi connectivity index (χ0) is 18.5. The number of rotatable bonds is 2. The number of benzene rings is 1. The van der Waals surface area contributed by atoms with E-state index in [1.807, 2.05) is 61.0 Å². The Hall–Kier alpha value is -3.81. The molecule has 0 aliphatic carbocycles. The van der Waals surface area contributed by atoms with Crippen molar-refractivity contribution in [2.75, 3.05) is 5.73 Å². The van der Waals surface area contributed by atoms with Crippen molar-refractivity contribution in [2.45, 2.75) is 6.92 Å². The number of aryl methyl sites for hydroxylation is 2. The predicted molar refractivity (Wildman–Crippen MR) is 103 cm³/mol. The highest BCUT2D eigenvalue weighted by Gasteiger charge is 2.19. The van der Waals surface area contributed by atoms with Gasteiger partial charge in [0.05, 0.1) is 11.4 Å². The number of imidazole rings is 1. The van der Waals surface area contributed by atoms with Gasteiger partial charge in [-0.05, 0) is 37.3 Å². The van der Waals surface area contributed by atoms with E-state index in [1.165, 1.54) is 0 Å². The number of aromatic nitrogens is 7. The highest BCUT2D eigenvalue weighted by atomic mass is 15.4. The lowest BCUT2D eigenvalue weighted by atomic mass is 10.1. The molecule has 0 unspecified atom stereocenters. The molecule has 4 heterocycles. The zero-order valence-corrected chi connectivity index (χ0v) is 14.8. The van der Waals surface area contributed by atoms with Gasteiger partial charge in [-0.15, -0.1) is 0 Å². The first-order valence-corrected chi connectivity index (χ1v) is 8.48. The molecule has 0 spiro atoms. The second kappa shape index (κ2) is 5.60. The van der Waals surface area contributed by atoms with Crippen molar-refractivity contribution in [3.63, 3.8) is 0 Å². The van der Waals surface area contributed by atoms with Crippen LogP contribution in [0.5, 0.6) is 0 Å². The molecule has 0 saturated carbocycles. The maximum atomic E-state index is 5.86. The Morgan fingerprint density at radius 2 is 1.78 bits per heavy atom. The highest BCUT2D eigenvalue weighted by molar-refractivity contribution is 5.86. The molecule has 2 N–H and O–H groups in total. The average molecular weight is 356 g/mol. The Morgan fingerprint density at radius 1 is 0.926 bits per heavy atom. The van der Waals surface area contributed by atoms with Gasteiger partial charge in [-0.3, -0.25) is 9.38 Å². The van der Waals surface area contributed by atoms with Gasteiger partial charge in [-0.1, -0.05) is 12.1 Å². The van der Waals surface area contributed by atoms with Crippen molar-refractivity contribution < 1.29 is 0 Å². The number of nitrogens with two attached hydrogens (primary N) is 1. The van der Waals surface area contributed by atoms with Crippen LogP contribution in [0.4, 0.5) is 5.82 Å². The fraction of sp³-hybridized carbons (Fsp3) is 0.105. The van der Waals surface area contributed by atoms with E-state index in [2.05, 4.69) is 20.2 Å². The molecule has 0 fully saturated rings. The number of pyridine rings is 1. The van der Waals surface area contributed by atoms with Crippen LogP contribution in [0.3, 0.4) is 0 Å².